The second-order valence-electron chi connectivity index (χ2n) is 6.98. The Balaban J connectivity index is 1.51. The monoisotopic (exact) mass is 445 g/mol. The number of imidazole rings is 1. The number of benzene rings is 2. The molecule has 0 saturated carbocycles. The molecule has 160 valence electrons. The molecule has 0 radical (unpaired) electrons. The lowest BCUT2D eigenvalue weighted by Crippen LogP contribution is -2.07. The molecule has 0 atom stereocenters. The van der Waals surface area contributed by atoms with Gasteiger partial charge in [-0.2, -0.15) is 0 Å². The van der Waals surface area contributed by atoms with Crippen LogP contribution in [0.1, 0.15) is 11.5 Å². The summed E-state index contributed by atoms with van der Waals surface area (Å²) in [5.74, 6) is 2.43. The number of aromatic amines is 1. The Morgan fingerprint density at radius 3 is 2.69 bits per heavy atom. The van der Waals surface area contributed by atoms with Gasteiger partial charge in [-0.1, -0.05) is 42.1 Å². The quantitative estimate of drug-likeness (QED) is 0.387. The van der Waals surface area contributed by atoms with E-state index >= 15 is 0 Å². The van der Waals surface area contributed by atoms with Gasteiger partial charge in [0.05, 0.1) is 24.7 Å². The molecule has 0 bridgehead atoms. The molecule has 0 amide bonds. The number of rotatable bonds is 6. The minimum absolute atomic E-state index is 0.275. The molecule has 0 fully saturated rings. The van der Waals surface area contributed by atoms with Crippen LogP contribution in [-0.4, -0.2) is 31.6 Å². The number of hydrogen-bond donors (Lipinski definition) is 1. The third-order valence-corrected chi connectivity index (χ3v) is 5.95. The van der Waals surface area contributed by atoms with Crippen LogP contribution in [0.2, 0.25) is 0 Å². The van der Waals surface area contributed by atoms with E-state index in [1.54, 1.807) is 7.11 Å². The van der Waals surface area contributed by atoms with E-state index in [1.165, 1.54) is 18.1 Å². The lowest BCUT2D eigenvalue weighted by atomic mass is 10.2. The average Bonchev–Trinajstić information content (AvgIpc) is 3.39. The van der Waals surface area contributed by atoms with Crippen LogP contribution < -0.4 is 10.3 Å². The van der Waals surface area contributed by atoms with Crippen molar-refractivity contribution >= 4 is 22.9 Å². The third-order valence-electron chi connectivity index (χ3n) is 5.00. The molecule has 9 heteroatoms. The van der Waals surface area contributed by atoms with Crippen LogP contribution in [0.5, 0.6) is 5.75 Å². The molecule has 2 aromatic carbocycles. The van der Waals surface area contributed by atoms with Crippen molar-refractivity contribution in [2.75, 3.05) is 7.11 Å². The van der Waals surface area contributed by atoms with Gasteiger partial charge >= 0.3 is 0 Å². The summed E-state index contributed by atoms with van der Waals surface area (Å²) in [5, 5.41) is 0.650. The first-order valence-electron chi connectivity index (χ1n) is 9.89. The number of nitrogens with zero attached hydrogens (tertiary/aromatic N) is 4. The Bertz CT molecular complexity index is 1460. The maximum absolute atomic E-state index is 12.3. The van der Waals surface area contributed by atoms with Crippen molar-refractivity contribution < 1.29 is 9.15 Å². The molecule has 0 spiro atoms. The molecular formula is C23H19N5O3S. The number of thioether (sulfide) groups is 1. The molecule has 0 saturated heterocycles. The van der Waals surface area contributed by atoms with E-state index in [9.17, 15) is 4.79 Å². The van der Waals surface area contributed by atoms with E-state index in [0.29, 0.717) is 33.7 Å². The van der Waals surface area contributed by atoms with Crippen LogP contribution in [0, 0.1) is 6.92 Å². The molecule has 0 aliphatic heterocycles. The molecule has 5 aromatic rings. The third kappa shape index (κ3) is 3.56. The molecule has 3 aromatic heterocycles. The van der Waals surface area contributed by atoms with Crippen LogP contribution >= 0.6 is 11.8 Å². The fourth-order valence-electron chi connectivity index (χ4n) is 3.42. The maximum Gasteiger partial charge on any atom is 0.278 e. The molecule has 32 heavy (non-hydrogen) atoms. The summed E-state index contributed by atoms with van der Waals surface area (Å²) in [6.07, 6.45) is 1.39. The number of ether oxygens (including phenoxy) is 1. The van der Waals surface area contributed by atoms with Gasteiger partial charge in [-0.25, -0.2) is 15.0 Å². The molecule has 5 rings (SSSR count). The Morgan fingerprint density at radius 1 is 1.09 bits per heavy atom. The van der Waals surface area contributed by atoms with Crippen molar-refractivity contribution in [3.8, 4) is 22.9 Å². The van der Waals surface area contributed by atoms with Crippen LogP contribution in [0.3, 0.4) is 0 Å². The Morgan fingerprint density at radius 2 is 1.88 bits per heavy atom. The minimum Gasteiger partial charge on any atom is -0.496 e. The zero-order chi connectivity index (χ0) is 22.1. The van der Waals surface area contributed by atoms with Crippen LogP contribution in [-0.2, 0) is 5.75 Å². The smallest absolute Gasteiger partial charge is 0.278 e. The number of fused-ring (bicyclic) bond motifs is 1. The summed E-state index contributed by atoms with van der Waals surface area (Å²) in [6.45, 7) is 1.88. The zero-order valence-corrected chi connectivity index (χ0v) is 18.2. The number of para-hydroxylation sites is 2. The molecule has 0 aliphatic carbocycles. The lowest BCUT2D eigenvalue weighted by molar-refractivity contribution is 0.414. The highest BCUT2D eigenvalue weighted by atomic mass is 32.2. The first kappa shape index (κ1) is 20.1. The Labute approximate surface area is 187 Å². The predicted molar refractivity (Wildman–Crippen MR) is 122 cm³/mol. The van der Waals surface area contributed by atoms with Gasteiger partial charge in [-0.15, -0.1) is 0 Å². The summed E-state index contributed by atoms with van der Waals surface area (Å²) < 4.78 is 13.2. The Kier molecular flexibility index (Phi) is 5.24. The molecule has 0 unspecified atom stereocenters. The largest absolute Gasteiger partial charge is 0.496 e. The van der Waals surface area contributed by atoms with Gasteiger partial charge in [0.15, 0.2) is 16.3 Å². The summed E-state index contributed by atoms with van der Waals surface area (Å²) in [7, 11) is 1.62. The average molecular weight is 446 g/mol. The summed E-state index contributed by atoms with van der Waals surface area (Å²) in [4.78, 5) is 28.5. The highest BCUT2D eigenvalue weighted by Crippen LogP contribution is 2.33. The van der Waals surface area contributed by atoms with E-state index < -0.39 is 0 Å². The topological polar surface area (TPSA) is 98.8 Å². The molecule has 3 heterocycles. The van der Waals surface area contributed by atoms with Crippen LogP contribution in [0.25, 0.3) is 28.3 Å². The highest BCUT2D eigenvalue weighted by Gasteiger charge is 2.19. The predicted octanol–water partition coefficient (Wildman–Crippen LogP) is 4.37. The SMILES string of the molecule is COc1ccccc1-c1nc(CSc2nc3c(=O)[nH]cnc3n2-c2ccccc2)c(C)o1. The minimum atomic E-state index is -0.275. The second kappa shape index (κ2) is 8.35. The van der Waals surface area contributed by atoms with Crippen LogP contribution in [0.15, 0.2) is 75.3 Å². The molecule has 0 aliphatic rings. The molecule has 1 N–H and O–H groups in total. The number of hydrogen-bond acceptors (Lipinski definition) is 7. The zero-order valence-electron chi connectivity index (χ0n) is 17.4. The number of aryl methyl sites for hydroxylation is 1. The van der Waals surface area contributed by atoms with E-state index in [2.05, 4.69) is 19.9 Å². The van der Waals surface area contributed by atoms with Crippen molar-refractivity contribution in [3.05, 3.63) is 82.7 Å². The van der Waals surface area contributed by atoms with Gasteiger partial charge in [-0.05, 0) is 31.2 Å². The number of H-pyrrole nitrogens is 1. The Hall–Kier alpha value is -3.85. The van der Waals surface area contributed by atoms with E-state index in [-0.39, 0.29) is 5.56 Å². The number of aromatic nitrogens is 5. The lowest BCUT2D eigenvalue weighted by Gasteiger charge is -2.07. The molecule has 8 nitrogen and oxygen atoms in total. The standard InChI is InChI=1S/C23H19N5O3S/c1-14-17(26-22(31-14)16-10-6-7-11-18(16)30-2)12-32-23-27-19-20(24-13-25-21(19)29)28(23)15-8-4-3-5-9-15/h3-11,13H,12H2,1-2H3,(H,24,25,29). The fraction of sp³-hybridized carbons (Fsp3) is 0.130. The fourth-order valence-corrected chi connectivity index (χ4v) is 4.43. The van der Waals surface area contributed by atoms with Gasteiger partial charge in [-0.3, -0.25) is 9.36 Å². The van der Waals surface area contributed by atoms with Gasteiger partial charge in [0.2, 0.25) is 5.89 Å². The van der Waals surface area contributed by atoms with Gasteiger partial charge in [0.25, 0.3) is 5.56 Å². The van der Waals surface area contributed by atoms with Crippen LogP contribution in [0.4, 0.5) is 0 Å². The maximum atomic E-state index is 12.3. The van der Waals surface area contributed by atoms with Crippen molar-refractivity contribution in [1.82, 2.24) is 24.5 Å². The summed E-state index contributed by atoms with van der Waals surface area (Å²) in [6, 6.07) is 17.3. The number of nitrogens with one attached hydrogen (secondary N) is 1. The van der Waals surface area contributed by atoms with E-state index in [4.69, 9.17) is 9.15 Å². The van der Waals surface area contributed by atoms with Crippen molar-refractivity contribution in [1.29, 1.82) is 0 Å². The highest BCUT2D eigenvalue weighted by molar-refractivity contribution is 7.98. The summed E-state index contributed by atoms with van der Waals surface area (Å²) >= 11 is 1.47. The van der Waals surface area contributed by atoms with Crippen molar-refractivity contribution in [2.45, 2.75) is 17.8 Å². The van der Waals surface area contributed by atoms with Gasteiger partial charge in [0.1, 0.15) is 11.5 Å². The summed E-state index contributed by atoms with van der Waals surface area (Å²) in [5.41, 5.74) is 3.00. The van der Waals surface area contributed by atoms with E-state index in [0.717, 1.165) is 22.7 Å². The van der Waals surface area contributed by atoms with Crippen molar-refractivity contribution in [2.24, 2.45) is 0 Å². The van der Waals surface area contributed by atoms with E-state index in [1.807, 2.05) is 66.1 Å². The van der Waals surface area contributed by atoms with Gasteiger partial charge < -0.3 is 14.1 Å². The number of oxazole rings is 1. The second-order valence-corrected chi connectivity index (χ2v) is 7.92. The normalized spacial score (nSPS) is 11.2. The van der Waals surface area contributed by atoms with Gasteiger partial charge in [0, 0.05) is 11.4 Å². The first-order valence-corrected chi connectivity index (χ1v) is 10.9. The first-order chi connectivity index (χ1) is 15.7. The molecular weight excluding hydrogens is 426 g/mol. The number of methoxy groups -OCH3 is 1. The van der Waals surface area contributed by atoms with Crippen molar-refractivity contribution in [3.63, 3.8) is 0 Å².